The Hall–Kier alpha value is -0.0900. The first-order valence-electron chi connectivity index (χ1n) is 7.44. The molecule has 4 heteroatoms. The zero-order chi connectivity index (χ0) is 13.4. The second-order valence-electron chi connectivity index (χ2n) is 5.91. The predicted octanol–water partition coefficient (Wildman–Crippen LogP) is 4.07. The molecular formula is C15H23ClN2S. The first-order chi connectivity index (χ1) is 9.17. The summed E-state index contributed by atoms with van der Waals surface area (Å²) in [6.07, 6.45) is 5.37. The van der Waals surface area contributed by atoms with E-state index in [1.165, 1.54) is 30.6 Å². The Bertz CT molecular complexity index is 422. The Balaban J connectivity index is 1.73. The van der Waals surface area contributed by atoms with Gasteiger partial charge in [0.2, 0.25) is 0 Å². The van der Waals surface area contributed by atoms with Crippen LogP contribution in [0.25, 0.3) is 0 Å². The minimum Gasteiger partial charge on any atom is -0.311 e. The summed E-state index contributed by atoms with van der Waals surface area (Å²) in [4.78, 5) is 4.08. The number of halogens is 1. The average Bonchev–Trinajstić information content (AvgIpc) is 2.97. The van der Waals surface area contributed by atoms with E-state index < -0.39 is 0 Å². The van der Waals surface area contributed by atoms with Gasteiger partial charge in [0.1, 0.15) is 0 Å². The monoisotopic (exact) mass is 298 g/mol. The maximum absolute atomic E-state index is 6.08. The lowest BCUT2D eigenvalue weighted by Crippen LogP contribution is -2.48. The third-order valence-corrected chi connectivity index (χ3v) is 6.19. The summed E-state index contributed by atoms with van der Waals surface area (Å²) in [6, 6.07) is 6.96. The lowest BCUT2D eigenvalue weighted by atomic mass is 9.96. The number of nitrogens with zero attached hydrogens (tertiary/aromatic N) is 1. The van der Waals surface area contributed by atoms with Crippen molar-refractivity contribution in [2.45, 2.75) is 63.7 Å². The average molecular weight is 299 g/mol. The molecule has 0 radical (unpaired) electrons. The zero-order valence-corrected chi connectivity index (χ0v) is 13.3. The van der Waals surface area contributed by atoms with Crippen molar-refractivity contribution >= 4 is 22.9 Å². The Kier molecular flexibility index (Phi) is 4.18. The van der Waals surface area contributed by atoms with Crippen LogP contribution in [0.4, 0.5) is 0 Å². The molecule has 2 aliphatic rings. The van der Waals surface area contributed by atoms with Gasteiger partial charge >= 0.3 is 0 Å². The molecule has 1 aromatic rings. The number of thiophene rings is 1. The number of piperidine rings is 1. The first kappa shape index (κ1) is 13.9. The predicted molar refractivity (Wildman–Crippen MR) is 83.1 cm³/mol. The molecule has 106 valence electrons. The van der Waals surface area contributed by atoms with Crippen molar-refractivity contribution in [3.05, 3.63) is 21.3 Å². The topological polar surface area (TPSA) is 15.3 Å². The van der Waals surface area contributed by atoms with Crippen LogP contribution in [0.3, 0.4) is 0 Å². The summed E-state index contributed by atoms with van der Waals surface area (Å²) in [5.41, 5.74) is 0. The van der Waals surface area contributed by atoms with E-state index in [2.05, 4.69) is 30.1 Å². The van der Waals surface area contributed by atoms with Crippen molar-refractivity contribution in [3.63, 3.8) is 0 Å². The summed E-state index contributed by atoms with van der Waals surface area (Å²) in [5.74, 6) is 0. The van der Waals surface area contributed by atoms with Crippen LogP contribution >= 0.6 is 22.9 Å². The van der Waals surface area contributed by atoms with Gasteiger partial charge in [-0.05, 0) is 51.3 Å². The molecule has 3 atom stereocenters. The van der Waals surface area contributed by atoms with Gasteiger partial charge in [0.05, 0.1) is 4.34 Å². The standard InChI is InChI=1S/C15H23ClN2S/c1-3-18(10(2)14-6-7-15(16)19-14)13-8-11-4-5-12(9-13)17-11/h6-7,10-13,17H,3-5,8-9H2,1-2H3. The van der Waals surface area contributed by atoms with E-state index in [-0.39, 0.29) is 0 Å². The number of hydrogen-bond donors (Lipinski definition) is 1. The molecule has 0 saturated carbocycles. The zero-order valence-electron chi connectivity index (χ0n) is 11.7. The van der Waals surface area contributed by atoms with Crippen LogP contribution in [-0.4, -0.2) is 29.6 Å². The lowest BCUT2D eigenvalue weighted by molar-refractivity contribution is 0.109. The van der Waals surface area contributed by atoms with Gasteiger partial charge in [0, 0.05) is 29.0 Å². The molecule has 2 fully saturated rings. The van der Waals surface area contributed by atoms with Crippen molar-refractivity contribution in [1.29, 1.82) is 0 Å². The molecule has 1 aromatic heterocycles. The fraction of sp³-hybridized carbons (Fsp3) is 0.733. The fourth-order valence-corrected chi connectivity index (χ4v) is 5.00. The van der Waals surface area contributed by atoms with Gasteiger partial charge in [-0.25, -0.2) is 0 Å². The third kappa shape index (κ3) is 2.85. The summed E-state index contributed by atoms with van der Waals surface area (Å²) < 4.78 is 0.906. The van der Waals surface area contributed by atoms with Crippen LogP contribution in [0.5, 0.6) is 0 Å². The largest absolute Gasteiger partial charge is 0.311 e. The smallest absolute Gasteiger partial charge is 0.0931 e. The molecule has 3 unspecified atom stereocenters. The highest BCUT2D eigenvalue weighted by Crippen LogP contribution is 2.36. The van der Waals surface area contributed by atoms with Crippen LogP contribution in [0.1, 0.15) is 50.4 Å². The maximum Gasteiger partial charge on any atom is 0.0931 e. The summed E-state index contributed by atoms with van der Waals surface area (Å²) in [7, 11) is 0. The van der Waals surface area contributed by atoms with Gasteiger partial charge in [-0.1, -0.05) is 18.5 Å². The molecule has 3 heterocycles. The SMILES string of the molecule is CCN(C1CC2CCC(C1)N2)C(C)c1ccc(Cl)s1. The van der Waals surface area contributed by atoms with E-state index in [1.54, 1.807) is 11.3 Å². The number of fused-ring (bicyclic) bond motifs is 2. The molecule has 3 rings (SSSR count). The van der Waals surface area contributed by atoms with E-state index in [0.29, 0.717) is 6.04 Å². The van der Waals surface area contributed by atoms with Crippen LogP contribution < -0.4 is 5.32 Å². The lowest BCUT2D eigenvalue weighted by Gasteiger charge is -2.40. The van der Waals surface area contributed by atoms with Crippen molar-refractivity contribution in [1.82, 2.24) is 10.2 Å². The minimum atomic E-state index is 0.491. The summed E-state index contributed by atoms with van der Waals surface area (Å²) >= 11 is 7.81. The molecule has 0 amide bonds. The molecule has 2 nitrogen and oxygen atoms in total. The van der Waals surface area contributed by atoms with Crippen LogP contribution in [0.15, 0.2) is 12.1 Å². The van der Waals surface area contributed by atoms with Gasteiger partial charge in [0.15, 0.2) is 0 Å². The number of hydrogen-bond acceptors (Lipinski definition) is 3. The van der Waals surface area contributed by atoms with Crippen molar-refractivity contribution < 1.29 is 0 Å². The van der Waals surface area contributed by atoms with E-state index in [9.17, 15) is 0 Å². The quantitative estimate of drug-likeness (QED) is 0.901. The van der Waals surface area contributed by atoms with Gasteiger partial charge in [0.25, 0.3) is 0 Å². The van der Waals surface area contributed by atoms with E-state index in [1.807, 2.05) is 6.07 Å². The Morgan fingerprint density at radius 2 is 2.05 bits per heavy atom. The normalized spacial score (nSPS) is 31.9. The van der Waals surface area contributed by atoms with Gasteiger partial charge in [-0.3, -0.25) is 4.90 Å². The Morgan fingerprint density at radius 3 is 2.58 bits per heavy atom. The molecular weight excluding hydrogens is 276 g/mol. The van der Waals surface area contributed by atoms with Gasteiger partial charge in [-0.15, -0.1) is 11.3 Å². The van der Waals surface area contributed by atoms with Crippen molar-refractivity contribution in [2.75, 3.05) is 6.54 Å². The van der Waals surface area contributed by atoms with E-state index in [0.717, 1.165) is 29.0 Å². The molecule has 0 aromatic carbocycles. The maximum atomic E-state index is 6.08. The summed E-state index contributed by atoms with van der Waals surface area (Å²) in [5, 5.41) is 3.74. The first-order valence-corrected chi connectivity index (χ1v) is 8.63. The highest BCUT2D eigenvalue weighted by atomic mass is 35.5. The Labute approximate surface area is 125 Å². The molecule has 1 N–H and O–H groups in total. The van der Waals surface area contributed by atoms with Crippen molar-refractivity contribution in [2.24, 2.45) is 0 Å². The van der Waals surface area contributed by atoms with Crippen LogP contribution in [0, 0.1) is 0 Å². The highest BCUT2D eigenvalue weighted by Gasteiger charge is 2.37. The van der Waals surface area contributed by atoms with Gasteiger partial charge < -0.3 is 5.32 Å². The fourth-order valence-electron chi connectivity index (χ4n) is 3.86. The molecule has 2 bridgehead atoms. The third-order valence-electron chi connectivity index (χ3n) is 4.79. The van der Waals surface area contributed by atoms with Crippen molar-refractivity contribution in [3.8, 4) is 0 Å². The summed E-state index contributed by atoms with van der Waals surface area (Å²) in [6.45, 7) is 5.74. The van der Waals surface area contributed by atoms with Crippen LogP contribution in [-0.2, 0) is 0 Å². The molecule has 0 aliphatic carbocycles. The number of nitrogens with one attached hydrogen (secondary N) is 1. The second-order valence-corrected chi connectivity index (χ2v) is 7.66. The second kappa shape index (κ2) is 5.72. The molecule has 0 spiro atoms. The molecule has 2 saturated heterocycles. The number of rotatable bonds is 4. The minimum absolute atomic E-state index is 0.491. The van der Waals surface area contributed by atoms with Crippen LogP contribution in [0.2, 0.25) is 4.34 Å². The van der Waals surface area contributed by atoms with E-state index >= 15 is 0 Å². The Morgan fingerprint density at radius 1 is 1.37 bits per heavy atom. The van der Waals surface area contributed by atoms with Gasteiger partial charge in [-0.2, -0.15) is 0 Å². The van der Waals surface area contributed by atoms with E-state index in [4.69, 9.17) is 11.6 Å². The molecule has 2 aliphatic heterocycles. The molecule has 19 heavy (non-hydrogen) atoms. The highest BCUT2D eigenvalue weighted by molar-refractivity contribution is 7.16.